The second-order valence-electron chi connectivity index (χ2n) is 3.99. The van der Waals surface area contributed by atoms with Gasteiger partial charge in [-0.2, -0.15) is 0 Å². The molecule has 0 saturated heterocycles. The molecule has 0 aliphatic carbocycles. The Kier molecular flexibility index (Phi) is 4.95. The number of benzene rings is 1. The predicted molar refractivity (Wildman–Crippen MR) is 73.0 cm³/mol. The number of alkyl halides is 1. The van der Waals surface area contributed by atoms with Gasteiger partial charge in [-0.1, -0.05) is 29.8 Å². The zero-order valence-electron chi connectivity index (χ0n) is 10.8. The summed E-state index contributed by atoms with van der Waals surface area (Å²) in [5, 5.41) is 11.1. The van der Waals surface area contributed by atoms with Crippen molar-refractivity contribution in [2.24, 2.45) is 0 Å². The maximum atomic E-state index is 11.1. The molecule has 0 radical (unpaired) electrons. The van der Waals surface area contributed by atoms with E-state index in [1.807, 2.05) is 13.8 Å². The number of rotatable bonds is 5. The molecule has 0 aromatic heterocycles. The van der Waals surface area contributed by atoms with Crippen molar-refractivity contribution in [1.82, 2.24) is 0 Å². The van der Waals surface area contributed by atoms with E-state index in [0.29, 0.717) is 17.1 Å². The van der Waals surface area contributed by atoms with Crippen LogP contribution in [0, 0.1) is 10.1 Å². The first-order valence-electron chi connectivity index (χ1n) is 5.46. The van der Waals surface area contributed by atoms with Crippen molar-refractivity contribution in [2.75, 3.05) is 14.2 Å². The lowest BCUT2D eigenvalue weighted by atomic mass is 9.96. The van der Waals surface area contributed by atoms with Gasteiger partial charge in [0.25, 0.3) is 5.69 Å². The maximum absolute atomic E-state index is 11.1. The van der Waals surface area contributed by atoms with Crippen LogP contribution >= 0.6 is 15.9 Å². The average molecular weight is 318 g/mol. The van der Waals surface area contributed by atoms with Crippen molar-refractivity contribution in [3.8, 4) is 11.5 Å². The van der Waals surface area contributed by atoms with Crippen molar-refractivity contribution >= 4 is 21.6 Å². The van der Waals surface area contributed by atoms with Crippen molar-refractivity contribution < 1.29 is 14.4 Å². The lowest BCUT2D eigenvalue weighted by Gasteiger charge is -2.17. The molecule has 5 nitrogen and oxygen atoms in total. The molecule has 1 rings (SSSR count). The Hall–Kier alpha value is -1.30. The molecule has 0 aliphatic heterocycles. The highest BCUT2D eigenvalue weighted by molar-refractivity contribution is 9.09. The van der Waals surface area contributed by atoms with Crippen LogP contribution in [0.5, 0.6) is 11.5 Å². The van der Waals surface area contributed by atoms with E-state index in [1.54, 1.807) is 6.07 Å². The molecule has 0 aliphatic rings. The molecule has 0 saturated carbocycles. The number of nitrogens with zero attached hydrogens (tertiary/aromatic N) is 1. The fourth-order valence-electron chi connectivity index (χ4n) is 1.65. The summed E-state index contributed by atoms with van der Waals surface area (Å²) in [7, 11) is 2.97. The van der Waals surface area contributed by atoms with Crippen molar-refractivity contribution in [2.45, 2.75) is 24.6 Å². The zero-order valence-corrected chi connectivity index (χ0v) is 12.4. The van der Waals surface area contributed by atoms with Gasteiger partial charge in [0.2, 0.25) is 0 Å². The van der Waals surface area contributed by atoms with Gasteiger partial charge in [-0.05, 0) is 6.07 Å². The number of hydrogen-bond acceptors (Lipinski definition) is 4. The summed E-state index contributed by atoms with van der Waals surface area (Å²) in [6, 6.07) is 3.07. The third-order valence-electron chi connectivity index (χ3n) is 2.91. The zero-order chi connectivity index (χ0) is 13.9. The first-order chi connectivity index (χ1) is 8.42. The Morgan fingerprint density at radius 2 is 1.72 bits per heavy atom. The van der Waals surface area contributed by atoms with Gasteiger partial charge < -0.3 is 9.47 Å². The van der Waals surface area contributed by atoms with Gasteiger partial charge in [0.1, 0.15) is 0 Å². The molecule has 1 aromatic carbocycles. The molecule has 0 bridgehead atoms. The smallest absolute Gasteiger partial charge is 0.276 e. The minimum atomic E-state index is -0.400. The van der Waals surface area contributed by atoms with E-state index >= 15 is 0 Å². The van der Waals surface area contributed by atoms with Crippen LogP contribution in [0.15, 0.2) is 12.1 Å². The molecular formula is C12H16BrNO4. The van der Waals surface area contributed by atoms with Gasteiger partial charge in [-0.25, -0.2) is 0 Å². The molecular weight excluding hydrogens is 302 g/mol. The van der Waals surface area contributed by atoms with E-state index in [1.165, 1.54) is 20.3 Å². The van der Waals surface area contributed by atoms with E-state index in [2.05, 4.69) is 15.9 Å². The molecule has 0 amide bonds. The van der Waals surface area contributed by atoms with Crippen LogP contribution in [0.2, 0.25) is 0 Å². The summed E-state index contributed by atoms with van der Waals surface area (Å²) >= 11 is 3.45. The first-order valence-corrected chi connectivity index (χ1v) is 6.38. The topological polar surface area (TPSA) is 61.6 Å². The molecule has 0 fully saturated rings. The highest BCUT2D eigenvalue weighted by Gasteiger charge is 2.25. The van der Waals surface area contributed by atoms with Crippen LogP contribution in [-0.2, 0) is 0 Å². The van der Waals surface area contributed by atoms with E-state index in [-0.39, 0.29) is 16.4 Å². The monoisotopic (exact) mass is 317 g/mol. The fraction of sp³-hybridized carbons (Fsp3) is 0.500. The number of nitro benzene ring substituents is 1. The van der Waals surface area contributed by atoms with Crippen molar-refractivity contribution in [3.05, 3.63) is 27.8 Å². The SMILES string of the molecule is COc1cc(C(C)C(C)Br)c([N+](=O)[O-])cc1OC. The first kappa shape index (κ1) is 14.8. The van der Waals surface area contributed by atoms with Gasteiger partial charge in [0.15, 0.2) is 11.5 Å². The number of halogens is 1. The quantitative estimate of drug-likeness (QED) is 0.473. The van der Waals surface area contributed by atoms with E-state index in [9.17, 15) is 10.1 Å². The Labute approximate surface area is 114 Å². The van der Waals surface area contributed by atoms with Crippen LogP contribution in [0.1, 0.15) is 25.3 Å². The minimum absolute atomic E-state index is 0.00907. The molecule has 18 heavy (non-hydrogen) atoms. The summed E-state index contributed by atoms with van der Waals surface area (Å²) in [5.74, 6) is 0.852. The fourth-order valence-corrected chi connectivity index (χ4v) is 1.94. The van der Waals surface area contributed by atoms with Crippen LogP contribution in [0.4, 0.5) is 5.69 Å². The van der Waals surface area contributed by atoms with Crippen molar-refractivity contribution in [3.63, 3.8) is 0 Å². The number of nitro groups is 1. The summed E-state index contributed by atoms with van der Waals surface area (Å²) < 4.78 is 10.3. The van der Waals surface area contributed by atoms with Crippen LogP contribution < -0.4 is 9.47 Å². The minimum Gasteiger partial charge on any atom is -0.493 e. The number of ether oxygens (including phenoxy) is 2. The third kappa shape index (κ3) is 2.93. The van der Waals surface area contributed by atoms with Gasteiger partial charge in [0.05, 0.1) is 25.2 Å². The van der Waals surface area contributed by atoms with Crippen LogP contribution in [0.3, 0.4) is 0 Å². The third-order valence-corrected chi connectivity index (χ3v) is 3.70. The maximum Gasteiger partial charge on any atom is 0.276 e. The average Bonchev–Trinajstić information content (AvgIpc) is 2.35. The van der Waals surface area contributed by atoms with Gasteiger partial charge in [-0.3, -0.25) is 10.1 Å². The normalized spacial score (nSPS) is 13.8. The molecule has 0 spiro atoms. The Balaban J connectivity index is 3.42. The highest BCUT2D eigenvalue weighted by Crippen LogP contribution is 2.39. The largest absolute Gasteiger partial charge is 0.493 e. The Bertz CT molecular complexity index is 448. The van der Waals surface area contributed by atoms with E-state index < -0.39 is 4.92 Å². The predicted octanol–water partition coefficient (Wildman–Crippen LogP) is 3.50. The number of methoxy groups -OCH3 is 2. The highest BCUT2D eigenvalue weighted by atomic mass is 79.9. The summed E-state index contributed by atoms with van der Waals surface area (Å²) in [6.07, 6.45) is 0. The Morgan fingerprint density at radius 1 is 1.22 bits per heavy atom. The summed E-state index contributed by atoms with van der Waals surface area (Å²) in [4.78, 5) is 10.8. The molecule has 1 aromatic rings. The molecule has 2 atom stereocenters. The van der Waals surface area contributed by atoms with Crippen LogP contribution in [0.25, 0.3) is 0 Å². The van der Waals surface area contributed by atoms with E-state index in [0.717, 1.165) is 0 Å². The second-order valence-corrected chi connectivity index (χ2v) is 5.43. The van der Waals surface area contributed by atoms with Gasteiger partial charge in [-0.15, -0.1) is 0 Å². The van der Waals surface area contributed by atoms with Crippen LogP contribution in [-0.4, -0.2) is 24.0 Å². The molecule has 100 valence electrons. The lowest BCUT2D eigenvalue weighted by Crippen LogP contribution is -2.08. The number of hydrogen-bond donors (Lipinski definition) is 0. The van der Waals surface area contributed by atoms with Crippen molar-refractivity contribution in [1.29, 1.82) is 0 Å². The van der Waals surface area contributed by atoms with Gasteiger partial charge >= 0.3 is 0 Å². The van der Waals surface area contributed by atoms with Gasteiger partial charge in [0, 0.05) is 16.3 Å². The molecule has 2 unspecified atom stereocenters. The second kappa shape index (κ2) is 6.04. The Morgan fingerprint density at radius 3 is 2.11 bits per heavy atom. The molecule has 6 heteroatoms. The summed E-state index contributed by atoms with van der Waals surface area (Å²) in [6.45, 7) is 3.87. The van der Waals surface area contributed by atoms with E-state index in [4.69, 9.17) is 9.47 Å². The summed E-state index contributed by atoms with van der Waals surface area (Å²) in [5.41, 5.74) is 0.675. The standard InChI is InChI=1S/C12H16BrNO4/c1-7(8(2)13)9-5-11(17-3)12(18-4)6-10(9)14(15)16/h5-8H,1-4H3. The molecule has 0 heterocycles. The molecule has 0 N–H and O–H groups in total. The lowest BCUT2D eigenvalue weighted by molar-refractivity contribution is -0.385.